The zero-order chi connectivity index (χ0) is 13.5. The van der Waals surface area contributed by atoms with E-state index in [4.69, 9.17) is 10.5 Å². The molecule has 3 heteroatoms. The predicted molar refractivity (Wildman–Crippen MR) is 79.0 cm³/mol. The number of rotatable bonds is 7. The Labute approximate surface area is 116 Å². The van der Waals surface area contributed by atoms with Gasteiger partial charge >= 0.3 is 0 Å². The van der Waals surface area contributed by atoms with Gasteiger partial charge in [0.05, 0.1) is 6.10 Å². The molecule has 1 aromatic carbocycles. The molecule has 1 fully saturated rings. The maximum Gasteiger partial charge on any atom is 0.0588 e. The van der Waals surface area contributed by atoms with E-state index in [0.717, 1.165) is 32.5 Å². The van der Waals surface area contributed by atoms with E-state index in [1.54, 1.807) is 0 Å². The van der Waals surface area contributed by atoms with Crippen LogP contribution in [0, 0.1) is 5.92 Å². The number of hydrogen-bond donors (Lipinski definition) is 2. The lowest BCUT2D eigenvalue weighted by Crippen LogP contribution is -2.28. The highest BCUT2D eigenvalue weighted by Crippen LogP contribution is 2.19. The third-order valence-corrected chi connectivity index (χ3v) is 4.04. The number of hydrogen-bond acceptors (Lipinski definition) is 3. The molecule has 2 rings (SSSR count). The second kappa shape index (κ2) is 7.63. The van der Waals surface area contributed by atoms with Gasteiger partial charge in [0.15, 0.2) is 0 Å². The van der Waals surface area contributed by atoms with Gasteiger partial charge in [-0.25, -0.2) is 0 Å². The summed E-state index contributed by atoms with van der Waals surface area (Å²) in [7, 11) is 0. The molecule has 0 spiro atoms. The van der Waals surface area contributed by atoms with Crippen molar-refractivity contribution in [3.05, 3.63) is 35.9 Å². The van der Waals surface area contributed by atoms with Crippen LogP contribution in [-0.2, 0) is 4.74 Å². The molecular weight excluding hydrogens is 236 g/mol. The van der Waals surface area contributed by atoms with Gasteiger partial charge in [0.25, 0.3) is 0 Å². The molecule has 3 atom stereocenters. The van der Waals surface area contributed by atoms with Crippen LogP contribution >= 0.6 is 0 Å². The minimum atomic E-state index is 0.164. The van der Waals surface area contributed by atoms with Gasteiger partial charge in [-0.05, 0) is 44.2 Å². The molecule has 3 unspecified atom stereocenters. The van der Waals surface area contributed by atoms with Gasteiger partial charge in [-0.1, -0.05) is 30.3 Å². The van der Waals surface area contributed by atoms with Gasteiger partial charge in [0, 0.05) is 19.2 Å². The van der Waals surface area contributed by atoms with Gasteiger partial charge in [-0.3, -0.25) is 0 Å². The minimum Gasteiger partial charge on any atom is -0.378 e. The van der Waals surface area contributed by atoms with Crippen LogP contribution in [0.5, 0.6) is 0 Å². The van der Waals surface area contributed by atoms with Crippen molar-refractivity contribution in [1.82, 2.24) is 5.32 Å². The van der Waals surface area contributed by atoms with E-state index in [1.807, 2.05) is 6.07 Å². The van der Waals surface area contributed by atoms with Crippen molar-refractivity contribution in [3.8, 4) is 0 Å². The van der Waals surface area contributed by atoms with Crippen molar-refractivity contribution in [2.45, 2.75) is 38.3 Å². The Hall–Kier alpha value is -0.900. The highest BCUT2D eigenvalue weighted by atomic mass is 16.5. The largest absolute Gasteiger partial charge is 0.378 e. The second-order valence-electron chi connectivity index (χ2n) is 5.49. The van der Waals surface area contributed by atoms with Crippen LogP contribution in [0.15, 0.2) is 30.3 Å². The zero-order valence-corrected chi connectivity index (χ0v) is 11.8. The first-order valence-electron chi connectivity index (χ1n) is 7.40. The van der Waals surface area contributed by atoms with E-state index in [1.165, 1.54) is 12.0 Å². The van der Waals surface area contributed by atoms with Gasteiger partial charge in [-0.15, -0.1) is 0 Å². The third kappa shape index (κ3) is 4.60. The molecule has 0 amide bonds. The fourth-order valence-electron chi connectivity index (χ4n) is 2.65. The lowest BCUT2D eigenvalue weighted by Gasteiger charge is -2.16. The van der Waals surface area contributed by atoms with Gasteiger partial charge < -0.3 is 15.8 Å². The summed E-state index contributed by atoms with van der Waals surface area (Å²) in [5.74, 6) is 0.683. The maximum atomic E-state index is 6.17. The van der Waals surface area contributed by atoms with E-state index in [0.29, 0.717) is 12.0 Å². The predicted octanol–water partition coefficient (Wildman–Crippen LogP) is 2.48. The first-order valence-corrected chi connectivity index (χ1v) is 7.40. The Morgan fingerprint density at radius 1 is 1.37 bits per heavy atom. The molecule has 19 heavy (non-hydrogen) atoms. The van der Waals surface area contributed by atoms with Crippen molar-refractivity contribution < 1.29 is 4.74 Å². The summed E-state index contributed by atoms with van der Waals surface area (Å²) in [6, 6.07) is 10.5. The topological polar surface area (TPSA) is 47.3 Å². The Morgan fingerprint density at radius 3 is 2.84 bits per heavy atom. The molecule has 1 heterocycles. The average Bonchev–Trinajstić information content (AvgIpc) is 2.85. The number of benzene rings is 1. The van der Waals surface area contributed by atoms with Crippen LogP contribution in [0.1, 0.15) is 37.8 Å². The minimum absolute atomic E-state index is 0.164. The molecule has 0 aromatic heterocycles. The Morgan fingerprint density at radius 2 is 2.16 bits per heavy atom. The number of nitrogens with one attached hydrogen (secondary N) is 1. The van der Waals surface area contributed by atoms with Gasteiger partial charge in [-0.2, -0.15) is 0 Å². The lowest BCUT2D eigenvalue weighted by molar-refractivity contribution is 0.105. The average molecular weight is 262 g/mol. The van der Waals surface area contributed by atoms with E-state index >= 15 is 0 Å². The van der Waals surface area contributed by atoms with E-state index < -0.39 is 0 Å². The van der Waals surface area contributed by atoms with Gasteiger partial charge in [0.2, 0.25) is 0 Å². The Kier molecular flexibility index (Phi) is 5.83. The van der Waals surface area contributed by atoms with Crippen molar-refractivity contribution >= 4 is 0 Å². The molecule has 0 saturated carbocycles. The van der Waals surface area contributed by atoms with E-state index in [2.05, 4.69) is 36.5 Å². The summed E-state index contributed by atoms with van der Waals surface area (Å²) in [6.07, 6.45) is 3.77. The summed E-state index contributed by atoms with van der Waals surface area (Å²) in [5.41, 5.74) is 7.41. The molecule has 0 bridgehead atoms. The van der Waals surface area contributed by atoms with Crippen molar-refractivity contribution in [2.24, 2.45) is 11.7 Å². The maximum absolute atomic E-state index is 6.17. The molecule has 1 aromatic rings. The van der Waals surface area contributed by atoms with Crippen LogP contribution in [0.4, 0.5) is 0 Å². The summed E-state index contributed by atoms with van der Waals surface area (Å²) in [5, 5.41) is 3.53. The standard InChI is InChI=1S/C16H26N2O/c1-13-15(9-11-19-13)12-18-10-5-8-16(17)14-6-3-2-4-7-14/h2-4,6-7,13,15-16,18H,5,8-12,17H2,1H3. The molecule has 106 valence electrons. The normalized spacial score (nSPS) is 24.5. The molecule has 1 aliphatic heterocycles. The summed E-state index contributed by atoms with van der Waals surface area (Å²) < 4.78 is 5.56. The van der Waals surface area contributed by atoms with Crippen molar-refractivity contribution in [3.63, 3.8) is 0 Å². The molecule has 0 aliphatic carbocycles. The highest BCUT2D eigenvalue weighted by molar-refractivity contribution is 5.18. The molecule has 3 N–H and O–H groups in total. The van der Waals surface area contributed by atoms with Gasteiger partial charge in [0.1, 0.15) is 0 Å². The molecule has 1 aliphatic rings. The zero-order valence-electron chi connectivity index (χ0n) is 11.8. The highest BCUT2D eigenvalue weighted by Gasteiger charge is 2.23. The smallest absolute Gasteiger partial charge is 0.0588 e. The lowest BCUT2D eigenvalue weighted by atomic mass is 10.0. The van der Waals surface area contributed by atoms with Crippen LogP contribution < -0.4 is 11.1 Å². The van der Waals surface area contributed by atoms with Crippen LogP contribution in [0.3, 0.4) is 0 Å². The van der Waals surface area contributed by atoms with Crippen molar-refractivity contribution in [2.75, 3.05) is 19.7 Å². The SMILES string of the molecule is CC1OCCC1CNCCCC(N)c1ccccc1. The second-order valence-corrected chi connectivity index (χ2v) is 5.49. The van der Waals surface area contributed by atoms with Crippen LogP contribution in [0.2, 0.25) is 0 Å². The Balaban J connectivity index is 1.57. The monoisotopic (exact) mass is 262 g/mol. The van der Waals surface area contributed by atoms with E-state index in [-0.39, 0.29) is 6.04 Å². The van der Waals surface area contributed by atoms with Crippen LogP contribution in [0.25, 0.3) is 0 Å². The van der Waals surface area contributed by atoms with E-state index in [9.17, 15) is 0 Å². The number of nitrogens with two attached hydrogens (primary N) is 1. The molecule has 3 nitrogen and oxygen atoms in total. The summed E-state index contributed by atoms with van der Waals surface area (Å²) in [6.45, 7) is 5.21. The first kappa shape index (κ1) is 14.5. The quantitative estimate of drug-likeness (QED) is 0.742. The first-order chi connectivity index (χ1) is 9.27. The fraction of sp³-hybridized carbons (Fsp3) is 0.625. The summed E-state index contributed by atoms with van der Waals surface area (Å²) >= 11 is 0. The number of ether oxygens (including phenoxy) is 1. The third-order valence-electron chi connectivity index (χ3n) is 4.04. The fourth-order valence-corrected chi connectivity index (χ4v) is 2.65. The molecular formula is C16H26N2O. The Bertz CT molecular complexity index is 355. The van der Waals surface area contributed by atoms with Crippen LogP contribution in [-0.4, -0.2) is 25.8 Å². The summed E-state index contributed by atoms with van der Waals surface area (Å²) in [4.78, 5) is 0. The van der Waals surface area contributed by atoms with Crippen molar-refractivity contribution in [1.29, 1.82) is 0 Å². The molecule has 1 saturated heterocycles. The molecule has 0 radical (unpaired) electrons.